The highest BCUT2D eigenvalue weighted by atomic mass is 16.3. The molecule has 2 heteroatoms. The lowest BCUT2D eigenvalue weighted by Crippen LogP contribution is -2.15. The molecule has 0 aliphatic carbocycles. The van der Waals surface area contributed by atoms with Crippen LogP contribution in [-0.2, 0) is 4.79 Å². The van der Waals surface area contributed by atoms with Gasteiger partial charge in [-0.05, 0) is 18.8 Å². The molecule has 0 saturated carbocycles. The van der Waals surface area contributed by atoms with E-state index in [2.05, 4.69) is 6.58 Å². The molecule has 0 aliphatic rings. The number of allylic oxidation sites excluding steroid dienone is 1. The Kier molecular flexibility index (Phi) is 7.40. The fourth-order valence-corrected chi connectivity index (χ4v) is 1.54. The van der Waals surface area contributed by atoms with E-state index < -0.39 is 6.10 Å². The Morgan fingerprint density at radius 3 is 2.64 bits per heavy atom. The first-order valence-corrected chi connectivity index (χ1v) is 5.40. The number of ketones is 1. The minimum atomic E-state index is -0.441. The lowest BCUT2D eigenvalue weighted by molar-refractivity contribution is -0.121. The van der Waals surface area contributed by atoms with Gasteiger partial charge in [-0.15, -0.1) is 6.58 Å². The molecule has 0 rings (SSSR count). The lowest BCUT2D eigenvalue weighted by atomic mass is 9.97. The van der Waals surface area contributed by atoms with Crippen molar-refractivity contribution in [2.24, 2.45) is 5.92 Å². The van der Waals surface area contributed by atoms with Gasteiger partial charge in [0.05, 0.1) is 6.10 Å². The molecular weight excluding hydrogens is 176 g/mol. The van der Waals surface area contributed by atoms with E-state index in [-0.39, 0.29) is 5.78 Å². The van der Waals surface area contributed by atoms with Gasteiger partial charge in [-0.1, -0.05) is 26.3 Å². The highest BCUT2D eigenvalue weighted by Gasteiger charge is 2.12. The van der Waals surface area contributed by atoms with E-state index in [1.807, 2.05) is 19.9 Å². The van der Waals surface area contributed by atoms with Gasteiger partial charge in [0.2, 0.25) is 0 Å². The second-order valence-electron chi connectivity index (χ2n) is 4.02. The molecule has 0 radical (unpaired) electrons. The van der Waals surface area contributed by atoms with Gasteiger partial charge < -0.3 is 5.11 Å². The minimum absolute atomic E-state index is 0.167. The van der Waals surface area contributed by atoms with Gasteiger partial charge in [0.25, 0.3) is 0 Å². The van der Waals surface area contributed by atoms with Gasteiger partial charge >= 0.3 is 0 Å². The first kappa shape index (κ1) is 13.4. The third-order valence-corrected chi connectivity index (χ3v) is 2.23. The van der Waals surface area contributed by atoms with Crippen molar-refractivity contribution in [3.05, 3.63) is 12.7 Å². The van der Waals surface area contributed by atoms with Crippen LogP contribution in [0.2, 0.25) is 0 Å². The Hall–Kier alpha value is -0.630. The second kappa shape index (κ2) is 7.74. The van der Waals surface area contributed by atoms with Crippen molar-refractivity contribution in [1.29, 1.82) is 0 Å². The van der Waals surface area contributed by atoms with E-state index in [9.17, 15) is 9.90 Å². The third kappa shape index (κ3) is 6.84. The predicted octanol–water partition coefficient (Wildman–Crippen LogP) is 2.71. The molecule has 0 aliphatic heterocycles. The van der Waals surface area contributed by atoms with Crippen molar-refractivity contribution in [2.45, 2.75) is 52.1 Å². The second-order valence-corrected chi connectivity index (χ2v) is 4.02. The fraction of sp³-hybridized carbons (Fsp3) is 0.750. The van der Waals surface area contributed by atoms with Crippen LogP contribution in [0.15, 0.2) is 12.7 Å². The number of aliphatic hydroxyl groups excluding tert-OH is 1. The molecule has 14 heavy (non-hydrogen) atoms. The van der Waals surface area contributed by atoms with Gasteiger partial charge in [0.1, 0.15) is 5.78 Å². The fourth-order valence-electron chi connectivity index (χ4n) is 1.54. The summed E-state index contributed by atoms with van der Waals surface area (Å²) in [5, 5.41) is 9.42. The van der Waals surface area contributed by atoms with Crippen LogP contribution in [0, 0.1) is 5.92 Å². The van der Waals surface area contributed by atoms with Crippen LogP contribution >= 0.6 is 0 Å². The number of carbonyl (C=O) groups excluding carboxylic acids is 1. The summed E-state index contributed by atoms with van der Waals surface area (Å²) in [6.45, 7) is 7.68. The Morgan fingerprint density at radius 2 is 2.14 bits per heavy atom. The maximum atomic E-state index is 11.4. The maximum absolute atomic E-state index is 11.4. The summed E-state index contributed by atoms with van der Waals surface area (Å²) in [6, 6.07) is 0. The molecule has 0 spiro atoms. The average Bonchev–Trinajstić information content (AvgIpc) is 2.03. The van der Waals surface area contributed by atoms with Gasteiger partial charge in [0, 0.05) is 12.8 Å². The minimum Gasteiger partial charge on any atom is -0.393 e. The van der Waals surface area contributed by atoms with Crippen LogP contribution < -0.4 is 0 Å². The van der Waals surface area contributed by atoms with E-state index in [0.29, 0.717) is 18.8 Å². The first-order valence-electron chi connectivity index (χ1n) is 5.40. The molecule has 0 aromatic rings. The van der Waals surface area contributed by atoms with E-state index in [4.69, 9.17) is 0 Å². The van der Waals surface area contributed by atoms with Crippen molar-refractivity contribution in [3.8, 4) is 0 Å². The van der Waals surface area contributed by atoms with Crippen LogP contribution in [0.1, 0.15) is 46.0 Å². The standard InChI is InChI=1S/C12H22O2/c1-4-6-10(3)8-12(14)9-11(13)7-5-2/h4,10-11,13H,1,5-9H2,2-3H3/t10-,11+/m1/s1. The van der Waals surface area contributed by atoms with E-state index in [1.54, 1.807) is 0 Å². The molecule has 2 nitrogen and oxygen atoms in total. The molecular formula is C12H22O2. The van der Waals surface area contributed by atoms with Crippen LogP contribution in [0.4, 0.5) is 0 Å². The lowest BCUT2D eigenvalue weighted by Gasteiger charge is -2.10. The number of Topliss-reactive ketones (excluding diaryl/α,β-unsaturated/α-hetero) is 1. The molecule has 2 atom stereocenters. The number of carbonyl (C=O) groups is 1. The monoisotopic (exact) mass is 198 g/mol. The number of aliphatic hydroxyl groups is 1. The van der Waals surface area contributed by atoms with Crippen LogP contribution in [0.5, 0.6) is 0 Å². The summed E-state index contributed by atoms with van der Waals surface area (Å²) in [5.74, 6) is 0.522. The van der Waals surface area contributed by atoms with Crippen molar-refractivity contribution >= 4 is 5.78 Å². The van der Waals surface area contributed by atoms with Crippen molar-refractivity contribution in [3.63, 3.8) is 0 Å². The SMILES string of the molecule is C=CC[C@@H](C)CC(=O)C[C@@H](O)CCC. The molecule has 0 saturated heterocycles. The van der Waals surface area contributed by atoms with Crippen LogP contribution in [0.25, 0.3) is 0 Å². The summed E-state index contributed by atoms with van der Waals surface area (Å²) >= 11 is 0. The number of rotatable bonds is 8. The molecule has 0 aromatic carbocycles. The van der Waals surface area contributed by atoms with Gasteiger partial charge in [0.15, 0.2) is 0 Å². The summed E-state index contributed by atoms with van der Waals surface area (Å²) in [4.78, 5) is 11.4. The number of hydrogen-bond donors (Lipinski definition) is 1. The summed E-state index contributed by atoms with van der Waals surface area (Å²) in [7, 11) is 0. The Morgan fingerprint density at radius 1 is 1.50 bits per heavy atom. The van der Waals surface area contributed by atoms with Crippen LogP contribution in [0.3, 0.4) is 0 Å². The summed E-state index contributed by atoms with van der Waals surface area (Å²) in [5.41, 5.74) is 0. The Bertz CT molecular complexity index is 175. The van der Waals surface area contributed by atoms with Gasteiger partial charge in [-0.3, -0.25) is 4.79 Å². The molecule has 0 amide bonds. The number of hydrogen-bond acceptors (Lipinski definition) is 2. The quantitative estimate of drug-likeness (QED) is 0.609. The van der Waals surface area contributed by atoms with Gasteiger partial charge in [-0.2, -0.15) is 0 Å². The zero-order chi connectivity index (χ0) is 11.0. The molecule has 82 valence electrons. The highest BCUT2D eigenvalue weighted by molar-refractivity contribution is 5.79. The molecule has 0 bridgehead atoms. The zero-order valence-corrected chi connectivity index (χ0v) is 9.33. The van der Waals surface area contributed by atoms with E-state index >= 15 is 0 Å². The zero-order valence-electron chi connectivity index (χ0n) is 9.33. The van der Waals surface area contributed by atoms with Crippen molar-refractivity contribution in [2.75, 3.05) is 0 Å². The predicted molar refractivity (Wildman–Crippen MR) is 59.1 cm³/mol. The molecule has 1 N–H and O–H groups in total. The average molecular weight is 198 g/mol. The molecule has 0 aromatic heterocycles. The van der Waals surface area contributed by atoms with E-state index in [0.717, 1.165) is 19.3 Å². The largest absolute Gasteiger partial charge is 0.393 e. The first-order chi connectivity index (χ1) is 6.60. The highest BCUT2D eigenvalue weighted by Crippen LogP contribution is 2.12. The smallest absolute Gasteiger partial charge is 0.135 e. The topological polar surface area (TPSA) is 37.3 Å². The van der Waals surface area contributed by atoms with Crippen molar-refractivity contribution < 1.29 is 9.90 Å². The molecule has 0 unspecified atom stereocenters. The Labute approximate surface area is 87.0 Å². The third-order valence-electron chi connectivity index (χ3n) is 2.23. The normalized spacial score (nSPS) is 14.8. The molecule has 0 heterocycles. The maximum Gasteiger partial charge on any atom is 0.135 e. The van der Waals surface area contributed by atoms with Gasteiger partial charge in [-0.25, -0.2) is 0 Å². The van der Waals surface area contributed by atoms with Crippen molar-refractivity contribution in [1.82, 2.24) is 0 Å². The Balaban J connectivity index is 3.68. The molecule has 0 fully saturated rings. The summed E-state index contributed by atoms with van der Waals surface area (Å²) < 4.78 is 0. The van der Waals surface area contributed by atoms with Crippen LogP contribution in [-0.4, -0.2) is 17.0 Å². The summed E-state index contributed by atoms with van der Waals surface area (Å²) in [6.07, 6.45) is 4.79. The van der Waals surface area contributed by atoms with E-state index in [1.165, 1.54) is 0 Å².